The normalized spacial score (nSPS) is 10.0. The van der Waals surface area contributed by atoms with Crippen molar-refractivity contribution >= 4 is 5.91 Å². The molecule has 2 N–H and O–H groups in total. The minimum Gasteiger partial charge on any atom is -0.383 e. The van der Waals surface area contributed by atoms with Crippen molar-refractivity contribution in [3.63, 3.8) is 0 Å². The van der Waals surface area contributed by atoms with E-state index in [-0.39, 0.29) is 5.91 Å². The minimum absolute atomic E-state index is 0.0598. The van der Waals surface area contributed by atoms with Crippen molar-refractivity contribution in [2.45, 2.75) is 19.8 Å². The van der Waals surface area contributed by atoms with E-state index in [1.165, 1.54) is 0 Å². The van der Waals surface area contributed by atoms with Crippen LogP contribution < -0.4 is 10.6 Å². The van der Waals surface area contributed by atoms with E-state index in [2.05, 4.69) is 17.6 Å². The summed E-state index contributed by atoms with van der Waals surface area (Å²) >= 11 is 0. The highest BCUT2D eigenvalue weighted by atomic mass is 16.5. The highest BCUT2D eigenvalue weighted by Crippen LogP contribution is 1.81. The lowest BCUT2D eigenvalue weighted by atomic mass is 10.3. The van der Waals surface area contributed by atoms with Crippen molar-refractivity contribution < 1.29 is 9.53 Å². The first-order chi connectivity index (χ1) is 6.31. The molecule has 0 aromatic heterocycles. The van der Waals surface area contributed by atoms with Crippen LogP contribution in [0.15, 0.2) is 0 Å². The van der Waals surface area contributed by atoms with Crippen LogP contribution in [-0.4, -0.2) is 39.3 Å². The van der Waals surface area contributed by atoms with Gasteiger partial charge in [-0.2, -0.15) is 0 Å². The number of amides is 1. The number of nitrogens with one attached hydrogen (secondary N) is 2. The molecule has 0 spiro atoms. The monoisotopic (exact) mass is 188 g/mol. The van der Waals surface area contributed by atoms with Gasteiger partial charge in [0.05, 0.1) is 13.2 Å². The predicted octanol–water partition coefficient (Wildman–Crippen LogP) is 0.139. The van der Waals surface area contributed by atoms with Gasteiger partial charge in [0.2, 0.25) is 5.91 Å². The molecular formula is C9H20N2O2. The second-order valence-corrected chi connectivity index (χ2v) is 2.87. The molecule has 0 unspecified atom stereocenters. The zero-order valence-electron chi connectivity index (χ0n) is 8.56. The van der Waals surface area contributed by atoms with Crippen molar-refractivity contribution in [1.82, 2.24) is 10.6 Å². The maximum absolute atomic E-state index is 11.1. The third-order valence-corrected chi connectivity index (χ3v) is 1.62. The fourth-order valence-corrected chi connectivity index (χ4v) is 0.843. The molecule has 0 radical (unpaired) electrons. The number of hydrogen-bond acceptors (Lipinski definition) is 3. The number of rotatable bonds is 8. The molecule has 0 aliphatic heterocycles. The molecule has 1 amide bonds. The first-order valence-corrected chi connectivity index (χ1v) is 4.77. The van der Waals surface area contributed by atoms with E-state index in [9.17, 15) is 4.79 Å². The van der Waals surface area contributed by atoms with E-state index in [1.54, 1.807) is 7.11 Å². The summed E-state index contributed by atoms with van der Waals surface area (Å²) in [6, 6.07) is 0. The van der Waals surface area contributed by atoms with Crippen LogP contribution in [0.1, 0.15) is 19.8 Å². The fourth-order valence-electron chi connectivity index (χ4n) is 0.843. The van der Waals surface area contributed by atoms with Crippen LogP contribution in [0.2, 0.25) is 0 Å². The summed E-state index contributed by atoms with van der Waals surface area (Å²) in [6.45, 7) is 4.62. The molecule has 0 bridgehead atoms. The van der Waals surface area contributed by atoms with Gasteiger partial charge in [-0.25, -0.2) is 0 Å². The predicted molar refractivity (Wildman–Crippen MR) is 52.7 cm³/mol. The van der Waals surface area contributed by atoms with Crippen LogP contribution in [0, 0.1) is 0 Å². The Morgan fingerprint density at radius 3 is 2.77 bits per heavy atom. The highest BCUT2D eigenvalue weighted by Gasteiger charge is 1.97. The third-order valence-electron chi connectivity index (χ3n) is 1.62. The molecule has 78 valence electrons. The molecule has 0 heterocycles. The number of unbranched alkanes of at least 4 members (excludes halogenated alkanes) is 1. The summed E-state index contributed by atoms with van der Waals surface area (Å²) in [5.74, 6) is 0.0598. The number of carbonyl (C=O) groups is 1. The summed E-state index contributed by atoms with van der Waals surface area (Å²) in [4.78, 5) is 11.1. The minimum atomic E-state index is 0.0598. The number of ether oxygens (including phenoxy) is 1. The van der Waals surface area contributed by atoms with Gasteiger partial charge in [-0.05, 0) is 6.42 Å². The van der Waals surface area contributed by atoms with Gasteiger partial charge in [0.25, 0.3) is 0 Å². The first-order valence-electron chi connectivity index (χ1n) is 4.77. The lowest BCUT2D eigenvalue weighted by Crippen LogP contribution is -2.35. The topological polar surface area (TPSA) is 50.4 Å². The quantitative estimate of drug-likeness (QED) is 0.533. The van der Waals surface area contributed by atoms with Gasteiger partial charge in [0.15, 0.2) is 0 Å². The Hall–Kier alpha value is -0.610. The van der Waals surface area contributed by atoms with Gasteiger partial charge in [-0.15, -0.1) is 0 Å². The molecule has 0 aliphatic carbocycles. The largest absolute Gasteiger partial charge is 0.383 e. The fraction of sp³-hybridized carbons (Fsp3) is 0.889. The average molecular weight is 188 g/mol. The molecule has 0 aliphatic rings. The second kappa shape index (κ2) is 9.48. The second-order valence-electron chi connectivity index (χ2n) is 2.87. The lowest BCUT2D eigenvalue weighted by molar-refractivity contribution is -0.120. The average Bonchev–Trinajstić information content (AvgIpc) is 2.13. The van der Waals surface area contributed by atoms with E-state index in [4.69, 9.17) is 4.74 Å². The van der Waals surface area contributed by atoms with E-state index >= 15 is 0 Å². The number of methoxy groups -OCH3 is 1. The zero-order valence-corrected chi connectivity index (χ0v) is 8.56. The maximum atomic E-state index is 11.1. The molecule has 0 rings (SSSR count). The van der Waals surface area contributed by atoms with Gasteiger partial charge in [0, 0.05) is 20.2 Å². The molecule has 0 saturated heterocycles. The van der Waals surface area contributed by atoms with Crippen LogP contribution in [-0.2, 0) is 9.53 Å². The summed E-state index contributed by atoms with van der Waals surface area (Å²) in [6.07, 6.45) is 2.15. The maximum Gasteiger partial charge on any atom is 0.233 e. The molecule has 0 fully saturated rings. The van der Waals surface area contributed by atoms with E-state index in [0.717, 1.165) is 25.9 Å². The summed E-state index contributed by atoms with van der Waals surface area (Å²) in [7, 11) is 1.64. The van der Waals surface area contributed by atoms with Gasteiger partial charge < -0.3 is 15.4 Å². The summed E-state index contributed by atoms with van der Waals surface area (Å²) < 4.78 is 4.83. The Morgan fingerprint density at radius 1 is 1.38 bits per heavy atom. The molecule has 13 heavy (non-hydrogen) atoms. The van der Waals surface area contributed by atoms with Crippen LogP contribution in [0.25, 0.3) is 0 Å². The van der Waals surface area contributed by atoms with Crippen LogP contribution in [0.4, 0.5) is 0 Å². The van der Waals surface area contributed by atoms with Crippen molar-refractivity contribution in [2.24, 2.45) is 0 Å². The van der Waals surface area contributed by atoms with E-state index < -0.39 is 0 Å². The van der Waals surface area contributed by atoms with Crippen LogP contribution in [0.5, 0.6) is 0 Å². The van der Waals surface area contributed by atoms with Crippen LogP contribution in [0.3, 0.4) is 0 Å². The summed E-state index contributed by atoms with van der Waals surface area (Å²) in [5, 5.41) is 5.79. The Labute approximate surface area is 80.0 Å². The standard InChI is InChI=1S/C9H20N2O2/c1-3-4-5-11-9(12)8-10-6-7-13-2/h10H,3-8H2,1-2H3,(H,11,12). The molecule has 0 aromatic carbocycles. The van der Waals surface area contributed by atoms with Crippen molar-refractivity contribution in [2.75, 3.05) is 33.4 Å². The molecule has 0 saturated carbocycles. The number of carbonyl (C=O) groups excluding carboxylic acids is 1. The Morgan fingerprint density at radius 2 is 2.15 bits per heavy atom. The Bertz CT molecular complexity index is 129. The third kappa shape index (κ3) is 9.30. The van der Waals surface area contributed by atoms with Crippen molar-refractivity contribution in [3.8, 4) is 0 Å². The molecule has 4 nitrogen and oxygen atoms in total. The van der Waals surface area contributed by atoms with Crippen molar-refractivity contribution in [1.29, 1.82) is 0 Å². The SMILES string of the molecule is CCCCNC(=O)CNCCOC. The molecule has 0 atom stereocenters. The zero-order chi connectivity index (χ0) is 9.94. The van der Waals surface area contributed by atoms with Crippen molar-refractivity contribution in [3.05, 3.63) is 0 Å². The van der Waals surface area contributed by atoms with Gasteiger partial charge in [-0.3, -0.25) is 4.79 Å². The van der Waals surface area contributed by atoms with Gasteiger partial charge in [0.1, 0.15) is 0 Å². The highest BCUT2D eigenvalue weighted by molar-refractivity contribution is 5.77. The van der Waals surface area contributed by atoms with Gasteiger partial charge >= 0.3 is 0 Å². The number of hydrogen-bond donors (Lipinski definition) is 2. The molecule has 4 heteroatoms. The first kappa shape index (κ1) is 12.4. The van der Waals surface area contributed by atoms with Gasteiger partial charge in [-0.1, -0.05) is 13.3 Å². The smallest absolute Gasteiger partial charge is 0.233 e. The Balaban J connectivity index is 3.11. The molecule has 0 aromatic rings. The lowest BCUT2D eigenvalue weighted by Gasteiger charge is -2.05. The Kier molecular flexibility index (Phi) is 9.03. The van der Waals surface area contributed by atoms with E-state index in [0.29, 0.717) is 13.2 Å². The van der Waals surface area contributed by atoms with E-state index in [1.807, 2.05) is 0 Å². The van der Waals surface area contributed by atoms with Crippen LogP contribution >= 0.6 is 0 Å². The molecular weight excluding hydrogens is 168 g/mol. The summed E-state index contributed by atoms with van der Waals surface area (Å²) in [5.41, 5.74) is 0.